The molecule has 2 amide bonds. The van der Waals surface area contributed by atoms with E-state index in [1.54, 1.807) is 38.2 Å². The van der Waals surface area contributed by atoms with Crippen molar-refractivity contribution in [3.8, 4) is 0 Å². The van der Waals surface area contributed by atoms with Gasteiger partial charge in [0.1, 0.15) is 5.82 Å². The number of amides is 2. The van der Waals surface area contributed by atoms with E-state index in [0.717, 1.165) is 5.56 Å². The molecule has 1 N–H and O–H groups in total. The highest BCUT2D eigenvalue weighted by atomic mass is 16.6. The quantitative estimate of drug-likeness (QED) is 0.682. The van der Waals surface area contributed by atoms with E-state index in [1.165, 1.54) is 4.90 Å². The molecule has 2 aromatic rings. The van der Waals surface area contributed by atoms with Crippen LogP contribution in [0.1, 0.15) is 16.7 Å². The van der Waals surface area contributed by atoms with E-state index in [9.17, 15) is 14.9 Å². The molecule has 112 valence electrons. The number of benzene rings is 1. The highest BCUT2D eigenvalue weighted by molar-refractivity contribution is 6.01. The first-order valence-electron chi connectivity index (χ1n) is 6.77. The minimum absolute atomic E-state index is 0.0216. The first kappa shape index (κ1) is 14.0. The van der Waals surface area contributed by atoms with E-state index in [2.05, 4.69) is 10.3 Å². The third-order valence-electron chi connectivity index (χ3n) is 3.74. The fraction of sp³-hybridized carbons (Fsp3) is 0.200. The van der Waals surface area contributed by atoms with E-state index in [1.807, 2.05) is 6.07 Å². The number of nitrogens with one attached hydrogen (secondary N) is 1. The third kappa shape index (κ3) is 2.07. The first-order valence-corrected chi connectivity index (χ1v) is 6.77. The summed E-state index contributed by atoms with van der Waals surface area (Å²) < 4.78 is 0. The number of carbonyl (C=O) groups is 1. The third-order valence-corrected chi connectivity index (χ3v) is 3.74. The molecule has 0 saturated carbocycles. The number of aromatic nitrogens is 1. The van der Waals surface area contributed by atoms with Gasteiger partial charge in [-0.25, -0.2) is 14.7 Å². The highest BCUT2D eigenvalue weighted by Gasteiger charge is 2.30. The monoisotopic (exact) mass is 298 g/mol. The van der Waals surface area contributed by atoms with Gasteiger partial charge >= 0.3 is 6.03 Å². The van der Waals surface area contributed by atoms with Crippen LogP contribution in [0.3, 0.4) is 0 Å². The van der Waals surface area contributed by atoms with E-state index in [-0.39, 0.29) is 11.7 Å². The van der Waals surface area contributed by atoms with Gasteiger partial charge in [-0.15, -0.1) is 0 Å². The zero-order chi connectivity index (χ0) is 15.9. The Morgan fingerprint density at radius 3 is 2.82 bits per heavy atom. The minimum Gasteiger partial charge on any atom is -0.333 e. The van der Waals surface area contributed by atoms with E-state index < -0.39 is 4.92 Å². The SMILES string of the molecule is Cc1ccc(N2C(=O)NCc3cccnc32)c(C)c1[N+](=O)[O-]. The van der Waals surface area contributed by atoms with E-state index >= 15 is 0 Å². The topological polar surface area (TPSA) is 88.4 Å². The molecule has 2 heterocycles. The van der Waals surface area contributed by atoms with Crippen molar-refractivity contribution >= 4 is 23.2 Å². The summed E-state index contributed by atoms with van der Waals surface area (Å²) in [6.07, 6.45) is 1.60. The Morgan fingerprint density at radius 1 is 1.32 bits per heavy atom. The zero-order valence-electron chi connectivity index (χ0n) is 12.2. The summed E-state index contributed by atoms with van der Waals surface area (Å²) in [6, 6.07) is 6.67. The van der Waals surface area contributed by atoms with Crippen LogP contribution in [0.15, 0.2) is 30.5 Å². The number of anilines is 2. The van der Waals surface area contributed by atoms with Crippen molar-refractivity contribution in [3.63, 3.8) is 0 Å². The van der Waals surface area contributed by atoms with E-state index in [0.29, 0.717) is 29.2 Å². The van der Waals surface area contributed by atoms with E-state index in [4.69, 9.17) is 0 Å². The number of hydrogen-bond donors (Lipinski definition) is 1. The minimum atomic E-state index is -0.421. The molecule has 0 bridgehead atoms. The van der Waals surface area contributed by atoms with Gasteiger partial charge in [0.2, 0.25) is 0 Å². The molecule has 0 atom stereocenters. The lowest BCUT2D eigenvalue weighted by Crippen LogP contribution is -2.42. The van der Waals surface area contributed by atoms with Gasteiger partial charge in [-0.05, 0) is 26.0 Å². The van der Waals surface area contributed by atoms with Gasteiger partial charge in [0.15, 0.2) is 0 Å². The maximum absolute atomic E-state index is 12.3. The largest absolute Gasteiger partial charge is 0.333 e. The number of nitro groups is 1. The molecular formula is C15H14N4O3. The van der Waals surface area contributed by atoms with Crippen LogP contribution >= 0.6 is 0 Å². The van der Waals surface area contributed by atoms with Crippen molar-refractivity contribution in [3.05, 3.63) is 57.3 Å². The summed E-state index contributed by atoms with van der Waals surface area (Å²) in [5.41, 5.74) is 2.36. The van der Waals surface area contributed by atoms with Crippen LogP contribution in [0.5, 0.6) is 0 Å². The first-order chi connectivity index (χ1) is 10.5. The van der Waals surface area contributed by atoms with Crippen LogP contribution in [-0.4, -0.2) is 15.9 Å². The van der Waals surface area contributed by atoms with Crippen molar-refractivity contribution in [2.45, 2.75) is 20.4 Å². The average Bonchev–Trinajstić information content (AvgIpc) is 2.48. The number of nitro benzene ring substituents is 1. The second-order valence-corrected chi connectivity index (χ2v) is 5.11. The van der Waals surface area contributed by atoms with Gasteiger partial charge in [0.25, 0.3) is 5.69 Å². The Balaban J connectivity index is 2.22. The second-order valence-electron chi connectivity index (χ2n) is 5.11. The smallest absolute Gasteiger partial charge is 0.328 e. The molecule has 3 rings (SSSR count). The normalized spacial score (nSPS) is 13.5. The molecule has 0 fully saturated rings. The fourth-order valence-electron chi connectivity index (χ4n) is 2.69. The number of carbonyl (C=O) groups excluding carboxylic acids is 1. The van der Waals surface area contributed by atoms with Gasteiger partial charge in [-0.3, -0.25) is 10.1 Å². The van der Waals surface area contributed by atoms with Crippen LogP contribution in [0.25, 0.3) is 0 Å². The average molecular weight is 298 g/mol. The van der Waals surface area contributed by atoms with Crippen LogP contribution in [0, 0.1) is 24.0 Å². The molecule has 0 saturated heterocycles. The lowest BCUT2D eigenvalue weighted by Gasteiger charge is -2.29. The highest BCUT2D eigenvalue weighted by Crippen LogP contribution is 2.36. The number of urea groups is 1. The molecule has 1 aliphatic rings. The molecule has 0 radical (unpaired) electrons. The summed E-state index contributed by atoms with van der Waals surface area (Å²) in [6.45, 7) is 3.72. The summed E-state index contributed by atoms with van der Waals surface area (Å²) in [4.78, 5) is 28.8. The lowest BCUT2D eigenvalue weighted by atomic mass is 10.1. The predicted molar refractivity (Wildman–Crippen MR) is 81.2 cm³/mol. The standard InChI is InChI=1S/C15H14N4O3/c1-9-5-6-12(10(2)13(9)19(21)22)18-14-11(4-3-7-16-14)8-17-15(18)20/h3-7H,8H2,1-2H3,(H,17,20). The van der Waals surface area contributed by atoms with Gasteiger partial charge < -0.3 is 5.32 Å². The summed E-state index contributed by atoms with van der Waals surface area (Å²) in [5.74, 6) is 0.507. The van der Waals surface area contributed by atoms with Crippen molar-refractivity contribution in [1.29, 1.82) is 0 Å². The number of rotatable bonds is 2. The van der Waals surface area contributed by atoms with Crippen molar-refractivity contribution in [1.82, 2.24) is 10.3 Å². The Labute approximate surface area is 126 Å². The maximum atomic E-state index is 12.3. The lowest BCUT2D eigenvalue weighted by molar-refractivity contribution is -0.386. The van der Waals surface area contributed by atoms with Crippen molar-refractivity contribution in [2.75, 3.05) is 4.90 Å². The second kappa shape index (κ2) is 5.10. The molecular weight excluding hydrogens is 284 g/mol. The molecule has 1 aromatic heterocycles. The Hall–Kier alpha value is -2.96. The fourth-order valence-corrected chi connectivity index (χ4v) is 2.69. The molecule has 1 aliphatic heterocycles. The van der Waals surface area contributed by atoms with Gasteiger partial charge in [0, 0.05) is 23.9 Å². The van der Waals surface area contributed by atoms with Crippen LogP contribution in [0.4, 0.5) is 22.0 Å². The Kier molecular flexibility index (Phi) is 3.25. The molecule has 7 nitrogen and oxygen atoms in total. The molecule has 1 aromatic carbocycles. The maximum Gasteiger partial charge on any atom is 0.328 e. The predicted octanol–water partition coefficient (Wildman–Crippen LogP) is 2.97. The van der Waals surface area contributed by atoms with Gasteiger partial charge in [-0.2, -0.15) is 0 Å². The van der Waals surface area contributed by atoms with Crippen molar-refractivity contribution < 1.29 is 9.72 Å². The summed E-state index contributed by atoms with van der Waals surface area (Å²) in [7, 11) is 0. The van der Waals surface area contributed by atoms with Gasteiger partial charge in [-0.1, -0.05) is 12.1 Å². The van der Waals surface area contributed by atoms with Gasteiger partial charge in [0.05, 0.1) is 16.2 Å². The number of aryl methyl sites for hydroxylation is 1. The Bertz CT molecular complexity index is 788. The summed E-state index contributed by atoms with van der Waals surface area (Å²) >= 11 is 0. The van der Waals surface area contributed by atoms with Crippen LogP contribution in [0.2, 0.25) is 0 Å². The zero-order valence-corrected chi connectivity index (χ0v) is 12.2. The van der Waals surface area contributed by atoms with Crippen LogP contribution < -0.4 is 10.2 Å². The molecule has 7 heteroatoms. The molecule has 0 unspecified atom stereocenters. The molecule has 22 heavy (non-hydrogen) atoms. The number of hydrogen-bond acceptors (Lipinski definition) is 4. The molecule has 0 aliphatic carbocycles. The summed E-state index contributed by atoms with van der Waals surface area (Å²) in [5, 5.41) is 14.0. The number of fused-ring (bicyclic) bond motifs is 1. The Morgan fingerprint density at radius 2 is 2.09 bits per heavy atom. The molecule has 0 spiro atoms. The van der Waals surface area contributed by atoms with Crippen LogP contribution in [-0.2, 0) is 6.54 Å². The van der Waals surface area contributed by atoms with Crippen molar-refractivity contribution in [2.24, 2.45) is 0 Å². The number of pyridine rings is 1. The number of nitrogens with zero attached hydrogens (tertiary/aromatic N) is 3.